The van der Waals surface area contributed by atoms with Gasteiger partial charge in [-0.1, -0.05) is 72.8 Å². The summed E-state index contributed by atoms with van der Waals surface area (Å²) in [5.41, 5.74) is 3.42. The van der Waals surface area contributed by atoms with Crippen molar-refractivity contribution >= 4 is 5.91 Å². The van der Waals surface area contributed by atoms with Gasteiger partial charge in [-0.05, 0) is 35.2 Å². The summed E-state index contributed by atoms with van der Waals surface area (Å²) in [4.78, 5) is 22.1. The number of carbonyl (C=O) groups is 1. The van der Waals surface area contributed by atoms with E-state index < -0.39 is 0 Å². The molecule has 0 atom stereocenters. The topological polar surface area (TPSA) is 50.6 Å². The standard InChI is InChI=1S/C31H34N4O2/c36-31(22-26-12-14-29(15-13-26)37-25-28-10-5-2-6-11-28)34-18-7-17-33(20-21-34)24-30-32-16-19-35(30)23-27-8-3-1-4-9-27/h1-6,8-16,19H,7,17-18,20-25H2. The minimum Gasteiger partial charge on any atom is -0.489 e. The van der Waals surface area contributed by atoms with Crippen molar-refractivity contribution < 1.29 is 9.53 Å². The summed E-state index contributed by atoms with van der Waals surface area (Å²) < 4.78 is 8.09. The lowest BCUT2D eigenvalue weighted by Gasteiger charge is -2.22. The third-order valence-corrected chi connectivity index (χ3v) is 6.83. The van der Waals surface area contributed by atoms with Crippen molar-refractivity contribution in [1.29, 1.82) is 0 Å². The zero-order valence-electron chi connectivity index (χ0n) is 21.2. The van der Waals surface area contributed by atoms with Gasteiger partial charge in [-0.15, -0.1) is 0 Å². The number of imidazole rings is 1. The maximum absolute atomic E-state index is 13.1. The number of amides is 1. The third-order valence-electron chi connectivity index (χ3n) is 6.83. The van der Waals surface area contributed by atoms with Crippen LogP contribution in [0.1, 0.15) is 28.9 Å². The van der Waals surface area contributed by atoms with Gasteiger partial charge in [0.05, 0.1) is 13.0 Å². The fourth-order valence-corrected chi connectivity index (χ4v) is 4.73. The van der Waals surface area contributed by atoms with E-state index in [0.29, 0.717) is 13.0 Å². The number of rotatable bonds is 9. The van der Waals surface area contributed by atoms with Crippen molar-refractivity contribution in [3.05, 3.63) is 120 Å². The normalized spacial score (nSPS) is 14.3. The molecule has 1 fully saturated rings. The van der Waals surface area contributed by atoms with Crippen LogP contribution in [0, 0.1) is 0 Å². The molecular formula is C31H34N4O2. The molecule has 1 aliphatic rings. The molecule has 5 rings (SSSR count). The number of benzene rings is 3. The second kappa shape index (κ2) is 12.4. The predicted octanol–water partition coefficient (Wildman–Crippen LogP) is 4.79. The summed E-state index contributed by atoms with van der Waals surface area (Å²) >= 11 is 0. The van der Waals surface area contributed by atoms with E-state index in [1.165, 1.54) is 5.56 Å². The highest BCUT2D eigenvalue weighted by molar-refractivity contribution is 5.78. The molecule has 2 heterocycles. The summed E-state index contributed by atoms with van der Waals surface area (Å²) in [6.07, 6.45) is 5.32. The zero-order valence-corrected chi connectivity index (χ0v) is 21.2. The van der Waals surface area contributed by atoms with Gasteiger partial charge in [-0.2, -0.15) is 0 Å². The van der Waals surface area contributed by atoms with Gasteiger partial charge in [0.25, 0.3) is 0 Å². The Hall–Kier alpha value is -3.90. The molecule has 0 N–H and O–H groups in total. The minimum atomic E-state index is 0.186. The quantitative estimate of drug-likeness (QED) is 0.336. The molecule has 3 aromatic carbocycles. The van der Waals surface area contributed by atoms with E-state index >= 15 is 0 Å². The van der Waals surface area contributed by atoms with E-state index in [9.17, 15) is 4.79 Å². The predicted molar refractivity (Wildman–Crippen MR) is 145 cm³/mol. The summed E-state index contributed by atoms with van der Waals surface area (Å²) in [5.74, 6) is 2.07. The zero-order chi connectivity index (χ0) is 25.3. The molecule has 37 heavy (non-hydrogen) atoms. The first-order valence-electron chi connectivity index (χ1n) is 13.0. The summed E-state index contributed by atoms with van der Waals surface area (Å²) in [6.45, 7) is 5.53. The van der Waals surface area contributed by atoms with Crippen LogP contribution in [0.25, 0.3) is 0 Å². The molecule has 0 radical (unpaired) electrons. The lowest BCUT2D eigenvalue weighted by Crippen LogP contribution is -2.36. The number of hydrogen-bond acceptors (Lipinski definition) is 4. The largest absolute Gasteiger partial charge is 0.489 e. The van der Waals surface area contributed by atoms with E-state index in [1.807, 2.05) is 78.0 Å². The second-order valence-electron chi connectivity index (χ2n) is 9.56. The van der Waals surface area contributed by atoms with Gasteiger partial charge in [-0.3, -0.25) is 9.69 Å². The van der Waals surface area contributed by atoms with Gasteiger partial charge in [0.15, 0.2) is 0 Å². The van der Waals surface area contributed by atoms with Gasteiger partial charge in [0.2, 0.25) is 5.91 Å². The molecule has 0 aliphatic carbocycles. The molecule has 190 valence electrons. The SMILES string of the molecule is O=C(Cc1ccc(OCc2ccccc2)cc1)N1CCCN(Cc2nccn2Cc2ccccc2)CC1. The second-order valence-corrected chi connectivity index (χ2v) is 9.56. The first-order chi connectivity index (χ1) is 18.2. The van der Waals surface area contributed by atoms with Crippen molar-refractivity contribution in [1.82, 2.24) is 19.4 Å². The Labute approximate surface area is 219 Å². The molecule has 0 bridgehead atoms. The summed E-state index contributed by atoms with van der Waals surface area (Å²) in [5, 5.41) is 0. The number of aromatic nitrogens is 2. The number of carbonyl (C=O) groups excluding carboxylic acids is 1. The van der Waals surface area contributed by atoms with Crippen LogP contribution in [0.4, 0.5) is 0 Å². The molecule has 0 saturated carbocycles. The van der Waals surface area contributed by atoms with Crippen molar-refractivity contribution in [2.45, 2.75) is 32.5 Å². The molecule has 1 aromatic heterocycles. The van der Waals surface area contributed by atoms with Gasteiger partial charge in [-0.25, -0.2) is 4.98 Å². The number of ether oxygens (including phenoxy) is 1. The Bertz CT molecular complexity index is 1260. The van der Waals surface area contributed by atoms with Crippen LogP contribution >= 0.6 is 0 Å². The Morgan fingerprint density at radius 2 is 1.49 bits per heavy atom. The molecule has 6 heteroatoms. The van der Waals surface area contributed by atoms with Crippen LogP contribution in [0.5, 0.6) is 5.75 Å². The molecule has 0 spiro atoms. The average Bonchev–Trinajstić information content (AvgIpc) is 3.22. The Balaban J connectivity index is 1.10. The molecule has 1 aliphatic heterocycles. The molecule has 0 unspecified atom stereocenters. The first kappa shape index (κ1) is 24.8. The van der Waals surface area contributed by atoms with Crippen molar-refractivity contribution in [3.63, 3.8) is 0 Å². The maximum Gasteiger partial charge on any atom is 0.227 e. The van der Waals surface area contributed by atoms with E-state index in [0.717, 1.165) is 68.4 Å². The highest BCUT2D eigenvalue weighted by Crippen LogP contribution is 2.16. The third kappa shape index (κ3) is 7.08. The van der Waals surface area contributed by atoms with Crippen molar-refractivity contribution in [2.75, 3.05) is 26.2 Å². The average molecular weight is 495 g/mol. The smallest absolute Gasteiger partial charge is 0.227 e. The van der Waals surface area contributed by atoms with E-state index in [-0.39, 0.29) is 5.91 Å². The van der Waals surface area contributed by atoms with Gasteiger partial charge < -0.3 is 14.2 Å². The number of hydrogen-bond donors (Lipinski definition) is 0. The lowest BCUT2D eigenvalue weighted by atomic mass is 10.1. The molecule has 4 aromatic rings. The van der Waals surface area contributed by atoms with Crippen LogP contribution in [0.3, 0.4) is 0 Å². The Morgan fingerprint density at radius 1 is 0.757 bits per heavy atom. The van der Waals surface area contributed by atoms with E-state index in [4.69, 9.17) is 4.74 Å². The first-order valence-corrected chi connectivity index (χ1v) is 13.0. The lowest BCUT2D eigenvalue weighted by molar-refractivity contribution is -0.130. The van der Waals surface area contributed by atoms with Gasteiger partial charge >= 0.3 is 0 Å². The molecule has 6 nitrogen and oxygen atoms in total. The van der Waals surface area contributed by atoms with Crippen molar-refractivity contribution in [2.24, 2.45) is 0 Å². The van der Waals surface area contributed by atoms with Gasteiger partial charge in [0.1, 0.15) is 18.2 Å². The van der Waals surface area contributed by atoms with Crippen LogP contribution in [0.2, 0.25) is 0 Å². The van der Waals surface area contributed by atoms with Crippen LogP contribution < -0.4 is 4.74 Å². The monoisotopic (exact) mass is 494 g/mol. The fraction of sp³-hybridized carbons (Fsp3) is 0.290. The van der Waals surface area contributed by atoms with Crippen LogP contribution in [-0.2, 0) is 30.9 Å². The molecule has 1 saturated heterocycles. The van der Waals surface area contributed by atoms with Gasteiger partial charge in [0, 0.05) is 45.1 Å². The minimum absolute atomic E-state index is 0.186. The molecule has 1 amide bonds. The highest BCUT2D eigenvalue weighted by atomic mass is 16.5. The van der Waals surface area contributed by atoms with Crippen LogP contribution in [-0.4, -0.2) is 51.4 Å². The highest BCUT2D eigenvalue weighted by Gasteiger charge is 2.20. The summed E-state index contributed by atoms with van der Waals surface area (Å²) in [6, 6.07) is 28.5. The van der Waals surface area contributed by atoms with Crippen molar-refractivity contribution in [3.8, 4) is 5.75 Å². The fourth-order valence-electron chi connectivity index (χ4n) is 4.73. The Morgan fingerprint density at radius 3 is 2.24 bits per heavy atom. The van der Waals surface area contributed by atoms with Crippen LogP contribution in [0.15, 0.2) is 97.3 Å². The number of nitrogens with zero attached hydrogens (tertiary/aromatic N) is 4. The van der Waals surface area contributed by atoms with E-state index in [1.54, 1.807) is 0 Å². The Kier molecular flexibility index (Phi) is 8.28. The van der Waals surface area contributed by atoms with E-state index in [2.05, 4.69) is 38.7 Å². The summed E-state index contributed by atoms with van der Waals surface area (Å²) in [7, 11) is 0. The molecular weight excluding hydrogens is 460 g/mol. The maximum atomic E-state index is 13.1.